The largest absolute Gasteiger partial charge is 0.481 e. The average Bonchev–Trinajstić information content (AvgIpc) is 2.97. The number of nitrogens with one attached hydrogen (secondary N) is 1. The molecule has 2 aromatic heterocycles. The van der Waals surface area contributed by atoms with Crippen LogP contribution >= 0.6 is 11.8 Å². The summed E-state index contributed by atoms with van der Waals surface area (Å²) in [6.07, 6.45) is 6.83. The van der Waals surface area contributed by atoms with Crippen molar-refractivity contribution >= 4 is 29.3 Å². The summed E-state index contributed by atoms with van der Waals surface area (Å²) < 4.78 is 2.01. The molecule has 1 aliphatic carbocycles. The third-order valence-corrected chi connectivity index (χ3v) is 5.54. The molecule has 0 aliphatic heterocycles. The van der Waals surface area contributed by atoms with Gasteiger partial charge in [-0.25, -0.2) is 4.98 Å². The van der Waals surface area contributed by atoms with E-state index in [4.69, 9.17) is 5.11 Å². The molecule has 0 radical (unpaired) electrons. The Kier molecular flexibility index (Phi) is 5.63. The van der Waals surface area contributed by atoms with Gasteiger partial charge in [0.1, 0.15) is 5.65 Å². The molecule has 0 bridgehead atoms. The number of aryl methyl sites for hydroxylation is 1. The highest BCUT2D eigenvalue weighted by atomic mass is 32.2. The SMILES string of the molecule is Cc1ccc2nc(CSCC(=O)NC3CCC(C(=O)O)CC3)cn2c1. The summed E-state index contributed by atoms with van der Waals surface area (Å²) >= 11 is 1.55. The number of aromatic nitrogens is 2. The highest BCUT2D eigenvalue weighted by molar-refractivity contribution is 7.99. The van der Waals surface area contributed by atoms with Gasteiger partial charge in [0.15, 0.2) is 0 Å². The van der Waals surface area contributed by atoms with Crippen molar-refractivity contribution in [1.82, 2.24) is 14.7 Å². The van der Waals surface area contributed by atoms with E-state index < -0.39 is 5.97 Å². The highest BCUT2D eigenvalue weighted by Crippen LogP contribution is 2.24. The van der Waals surface area contributed by atoms with Crippen molar-refractivity contribution in [3.05, 3.63) is 35.8 Å². The Labute approximate surface area is 151 Å². The first-order valence-corrected chi connectivity index (χ1v) is 9.71. The van der Waals surface area contributed by atoms with Crippen LogP contribution in [-0.2, 0) is 15.3 Å². The minimum atomic E-state index is -0.719. The van der Waals surface area contributed by atoms with Crippen LogP contribution in [0.15, 0.2) is 24.5 Å². The van der Waals surface area contributed by atoms with Crippen LogP contribution in [0.1, 0.15) is 36.9 Å². The Bertz CT molecular complexity index is 766. The fourth-order valence-electron chi connectivity index (χ4n) is 3.23. The first kappa shape index (κ1) is 17.8. The monoisotopic (exact) mass is 361 g/mol. The molecular formula is C18H23N3O3S. The van der Waals surface area contributed by atoms with Crippen LogP contribution in [0, 0.1) is 12.8 Å². The summed E-state index contributed by atoms with van der Waals surface area (Å²) in [7, 11) is 0. The molecule has 0 aromatic carbocycles. The highest BCUT2D eigenvalue weighted by Gasteiger charge is 2.26. The Morgan fingerprint density at radius 1 is 1.28 bits per heavy atom. The summed E-state index contributed by atoms with van der Waals surface area (Å²) in [4.78, 5) is 27.6. The zero-order valence-corrected chi connectivity index (χ0v) is 15.1. The second kappa shape index (κ2) is 7.91. The second-order valence-corrected chi connectivity index (χ2v) is 7.64. The van der Waals surface area contributed by atoms with Crippen LogP contribution in [0.2, 0.25) is 0 Å². The summed E-state index contributed by atoms with van der Waals surface area (Å²) in [5.41, 5.74) is 3.06. The fourth-order valence-corrected chi connectivity index (χ4v) is 3.95. The van der Waals surface area contributed by atoms with Crippen molar-refractivity contribution in [2.75, 3.05) is 5.75 Å². The molecule has 6 nitrogen and oxygen atoms in total. The lowest BCUT2D eigenvalue weighted by molar-refractivity contribution is -0.142. The standard InChI is InChI=1S/C18H23N3O3S/c1-12-2-7-16-19-15(9-21(16)8-12)10-25-11-17(22)20-14-5-3-13(4-6-14)18(23)24/h2,7-9,13-14H,3-6,10-11H2,1H3,(H,20,22)(H,23,24). The van der Waals surface area contributed by atoms with E-state index in [0.717, 1.165) is 24.2 Å². The van der Waals surface area contributed by atoms with Crippen LogP contribution < -0.4 is 5.32 Å². The maximum absolute atomic E-state index is 12.1. The van der Waals surface area contributed by atoms with E-state index in [1.807, 2.05) is 35.9 Å². The van der Waals surface area contributed by atoms with Crippen molar-refractivity contribution in [3.63, 3.8) is 0 Å². The zero-order chi connectivity index (χ0) is 17.8. The van der Waals surface area contributed by atoms with Gasteiger partial charge >= 0.3 is 5.97 Å². The van der Waals surface area contributed by atoms with Crippen LogP contribution in [0.5, 0.6) is 0 Å². The van der Waals surface area contributed by atoms with E-state index in [9.17, 15) is 9.59 Å². The first-order chi connectivity index (χ1) is 12.0. The third-order valence-electron chi connectivity index (χ3n) is 4.57. The quantitative estimate of drug-likeness (QED) is 0.826. The number of nitrogens with zero attached hydrogens (tertiary/aromatic N) is 2. The Morgan fingerprint density at radius 2 is 2.04 bits per heavy atom. The Balaban J connectivity index is 1.41. The number of hydrogen-bond acceptors (Lipinski definition) is 4. The molecule has 2 aromatic rings. The van der Waals surface area contributed by atoms with Crippen molar-refractivity contribution in [2.45, 2.75) is 44.4 Å². The van der Waals surface area contributed by atoms with E-state index in [-0.39, 0.29) is 17.9 Å². The number of rotatable bonds is 6. The minimum absolute atomic E-state index is 0.0170. The van der Waals surface area contributed by atoms with E-state index in [1.54, 1.807) is 11.8 Å². The molecule has 134 valence electrons. The number of hydrogen-bond donors (Lipinski definition) is 2. The number of imidazole rings is 1. The van der Waals surface area contributed by atoms with Gasteiger partial charge in [-0.1, -0.05) is 6.07 Å². The third kappa shape index (κ3) is 4.75. The molecule has 2 N–H and O–H groups in total. The minimum Gasteiger partial charge on any atom is -0.481 e. The molecular weight excluding hydrogens is 338 g/mol. The van der Waals surface area contributed by atoms with Crippen molar-refractivity contribution in [3.8, 4) is 0 Å². The maximum Gasteiger partial charge on any atom is 0.306 e. The van der Waals surface area contributed by atoms with Crippen molar-refractivity contribution < 1.29 is 14.7 Å². The van der Waals surface area contributed by atoms with Gasteiger partial charge in [-0.2, -0.15) is 0 Å². The van der Waals surface area contributed by atoms with Gasteiger partial charge in [-0.3, -0.25) is 9.59 Å². The molecule has 1 saturated carbocycles. The molecule has 25 heavy (non-hydrogen) atoms. The number of fused-ring (bicyclic) bond motifs is 1. The van der Waals surface area contributed by atoms with Gasteiger partial charge in [0, 0.05) is 24.2 Å². The fraction of sp³-hybridized carbons (Fsp3) is 0.500. The zero-order valence-electron chi connectivity index (χ0n) is 14.3. The Hall–Kier alpha value is -2.02. The lowest BCUT2D eigenvalue weighted by atomic mass is 9.86. The summed E-state index contributed by atoms with van der Waals surface area (Å²) in [5, 5.41) is 12.0. The predicted octanol–water partition coefficient (Wildman–Crippen LogP) is 2.64. The molecule has 0 saturated heterocycles. The number of carboxylic acids is 1. The smallest absolute Gasteiger partial charge is 0.306 e. The van der Waals surface area contributed by atoms with Crippen LogP contribution in [0.3, 0.4) is 0 Å². The number of carbonyl (C=O) groups excluding carboxylic acids is 1. The number of aliphatic carboxylic acids is 1. The van der Waals surface area contributed by atoms with Gasteiger partial charge in [-0.15, -0.1) is 11.8 Å². The maximum atomic E-state index is 12.1. The van der Waals surface area contributed by atoms with Crippen molar-refractivity contribution in [2.24, 2.45) is 5.92 Å². The van der Waals surface area contributed by atoms with E-state index in [2.05, 4.69) is 10.3 Å². The first-order valence-electron chi connectivity index (χ1n) is 8.55. The number of amides is 1. The summed E-state index contributed by atoms with van der Waals surface area (Å²) in [6, 6.07) is 4.14. The van der Waals surface area contributed by atoms with Gasteiger partial charge in [0.2, 0.25) is 5.91 Å². The normalized spacial score (nSPS) is 20.5. The molecule has 1 amide bonds. The van der Waals surface area contributed by atoms with Gasteiger partial charge < -0.3 is 14.8 Å². The number of thioether (sulfide) groups is 1. The summed E-state index contributed by atoms with van der Waals surface area (Å²) in [6.45, 7) is 2.04. The van der Waals surface area contributed by atoms with E-state index >= 15 is 0 Å². The number of carbonyl (C=O) groups is 2. The molecule has 1 aliphatic rings. The molecule has 0 spiro atoms. The molecule has 3 rings (SSSR count). The van der Waals surface area contributed by atoms with Crippen molar-refractivity contribution in [1.29, 1.82) is 0 Å². The van der Waals surface area contributed by atoms with Gasteiger partial charge in [0.05, 0.1) is 17.4 Å². The molecule has 2 heterocycles. The topological polar surface area (TPSA) is 83.7 Å². The van der Waals surface area contributed by atoms with Gasteiger partial charge in [0.25, 0.3) is 0 Å². The Morgan fingerprint density at radius 3 is 2.76 bits per heavy atom. The lowest BCUT2D eigenvalue weighted by Gasteiger charge is -2.26. The average molecular weight is 361 g/mol. The second-order valence-electron chi connectivity index (χ2n) is 6.65. The lowest BCUT2D eigenvalue weighted by Crippen LogP contribution is -2.39. The van der Waals surface area contributed by atoms with E-state index in [0.29, 0.717) is 24.3 Å². The number of pyridine rings is 1. The molecule has 7 heteroatoms. The molecule has 0 atom stereocenters. The van der Waals surface area contributed by atoms with Gasteiger partial charge in [-0.05, 0) is 44.2 Å². The predicted molar refractivity (Wildman–Crippen MR) is 97.6 cm³/mol. The molecule has 0 unspecified atom stereocenters. The number of carboxylic acid groups (broad SMARTS) is 1. The summed E-state index contributed by atoms with van der Waals surface area (Å²) in [5.74, 6) is 0.138. The van der Waals surface area contributed by atoms with Crippen LogP contribution in [0.4, 0.5) is 0 Å². The van der Waals surface area contributed by atoms with E-state index in [1.165, 1.54) is 5.56 Å². The van der Waals surface area contributed by atoms with Crippen LogP contribution in [0.25, 0.3) is 5.65 Å². The molecule has 1 fully saturated rings. The van der Waals surface area contributed by atoms with Crippen LogP contribution in [-0.4, -0.2) is 38.2 Å².